The van der Waals surface area contributed by atoms with Gasteiger partial charge in [-0.1, -0.05) is 6.07 Å². The Morgan fingerprint density at radius 1 is 1.43 bits per heavy atom. The minimum absolute atomic E-state index is 0.0662. The summed E-state index contributed by atoms with van der Waals surface area (Å²) in [6.07, 6.45) is 1.67. The molecule has 1 aliphatic rings. The molecule has 1 fully saturated rings. The van der Waals surface area contributed by atoms with Crippen molar-refractivity contribution in [3.63, 3.8) is 0 Å². The normalized spacial score (nSPS) is 15.9. The minimum atomic E-state index is -0.0662. The van der Waals surface area contributed by atoms with Crippen LogP contribution in [0.2, 0.25) is 0 Å². The molecule has 0 unspecified atom stereocenters. The summed E-state index contributed by atoms with van der Waals surface area (Å²) in [4.78, 5) is 20.3. The lowest BCUT2D eigenvalue weighted by Gasteiger charge is -2.28. The lowest BCUT2D eigenvalue weighted by Crippen LogP contribution is -2.47. The topological polar surface area (TPSA) is 72.5 Å². The Morgan fingerprint density at radius 2 is 2.24 bits per heavy atom. The molecule has 1 aromatic heterocycles. The number of nitrogens with zero attached hydrogens (tertiary/aromatic N) is 3. The number of amides is 1. The van der Waals surface area contributed by atoms with E-state index in [4.69, 9.17) is 0 Å². The van der Waals surface area contributed by atoms with Gasteiger partial charge in [0.1, 0.15) is 5.82 Å². The lowest BCUT2D eigenvalue weighted by atomic mass is 10.3. The Hall–Kier alpha value is -1.70. The molecule has 1 saturated heterocycles. The predicted molar refractivity (Wildman–Crippen MR) is 82.8 cm³/mol. The summed E-state index contributed by atoms with van der Waals surface area (Å²) in [5, 5.41) is 3.33. The zero-order chi connectivity index (χ0) is 14.9. The van der Waals surface area contributed by atoms with Crippen molar-refractivity contribution in [2.24, 2.45) is 0 Å². The van der Waals surface area contributed by atoms with E-state index < -0.39 is 0 Å². The number of carbonyl (C=O) groups is 1. The summed E-state index contributed by atoms with van der Waals surface area (Å²) in [7, 11) is 1.96. The molecule has 0 saturated carbocycles. The van der Waals surface area contributed by atoms with E-state index in [0.717, 1.165) is 39.3 Å². The number of anilines is 1. The zero-order valence-corrected chi connectivity index (χ0v) is 12.5. The van der Waals surface area contributed by atoms with Crippen LogP contribution >= 0.6 is 0 Å². The Bertz CT molecular complexity index is 421. The van der Waals surface area contributed by atoms with Crippen molar-refractivity contribution in [3.05, 3.63) is 24.4 Å². The highest BCUT2D eigenvalue weighted by atomic mass is 16.2. The molecule has 21 heavy (non-hydrogen) atoms. The highest BCUT2D eigenvalue weighted by Gasteiger charge is 2.11. The van der Waals surface area contributed by atoms with Gasteiger partial charge >= 0.3 is 0 Å². The third-order valence-electron chi connectivity index (χ3n) is 3.42. The Labute approximate surface area is 125 Å². The monoisotopic (exact) mass is 292 g/mol. The van der Waals surface area contributed by atoms with Gasteiger partial charge in [-0.25, -0.2) is 4.98 Å². The minimum Gasteiger partial charge on any atom is -0.314 e. The average Bonchev–Trinajstić information content (AvgIpc) is 2.53. The molecule has 7 nitrogen and oxygen atoms in total. The van der Waals surface area contributed by atoms with Crippen molar-refractivity contribution in [3.8, 4) is 0 Å². The number of carbonyl (C=O) groups excluding carboxylic acids is 1. The SMILES string of the molecule is CN(CCN1CCNCC1)CC(=O)NNc1ccccn1. The van der Waals surface area contributed by atoms with E-state index >= 15 is 0 Å². The van der Waals surface area contributed by atoms with E-state index in [9.17, 15) is 4.79 Å². The van der Waals surface area contributed by atoms with Gasteiger partial charge in [-0.05, 0) is 19.2 Å². The molecule has 1 aliphatic heterocycles. The summed E-state index contributed by atoms with van der Waals surface area (Å²) < 4.78 is 0. The number of pyridine rings is 1. The van der Waals surface area contributed by atoms with Crippen molar-refractivity contribution in [1.29, 1.82) is 0 Å². The Kier molecular flexibility index (Phi) is 6.39. The summed E-state index contributed by atoms with van der Waals surface area (Å²) in [6, 6.07) is 5.49. The maximum Gasteiger partial charge on any atom is 0.252 e. The Morgan fingerprint density at radius 3 is 2.95 bits per heavy atom. The first-order valence-electron chi connectivity index (χ1n) is 7.31. The lowest BCUT2D eigenvalue weighted by molar-refractivity contribution is -0.121. The molecule has 1 amide bonds. The first-order chi connectivity index (χ1) is 10.2. The maximum absolute atomic E-state index is 11.8. The number of nitrogens with one attached hydrogen (secondary N) is 3. The van der Waals surface area contributed by atoms with E-state index in [0.29, 0.717) is 12.4 Å². The van der Waals surface area contributed by atoms with E-state index in [1.165, 1.54) is 0 Å². The number of aromatic nitrogens is 1. The number of piperazine rings is 1. The number of hydrogen-bond donors (Lipinski definition) is 3. The van der Waals surface area contributed by atoms with Crippen LogP contribution in [0.3, 0.4) is 0 Å². The van der Waals surface area contributed by atoms with Gasteiger partial charge in [-0.2, -0.15) is 0 Å². The van der Waals surface area contributed by atoms with Gasteiger partial charge in [0, 0.05) is 45.5 Å². The molecule has 0 radical (unpaired) electrons. The summed E-state index contributed by atoms with van der Waals surface area (Å²) in [5.74, 6) is 0.567. The van der Waals surface area contributed by atoms with Gasteiger partial charge in [0.2, 0.25) is 0 Å². The molecule has 0 spiro atoms. The molecule has 0 aromatic carbocycles. The van der Waals surface area contributed by atoms with Crippen molar-refractivity contribution >= 4 is 11.7 Å². The molecule has 1 aromatic rings. The fourth-order valence-corrected chi connectivity index (χ4v) is 2.18. The molecule has 0 aliphatic carbocycles. The van der Waals surface area contributed by atoms with Crippen LogP contribution in [0.15, 0.2) is 24.4 Å². The second-order valence-electron chi connectivity index (χ2n) is 5.22. The van der Waals surface area contributed by atoms with Crippen LogP contribution in [0.25, 0.3) is 0 Å². The molecule has 2 rings (SSSR count). The quantitative estimate of drug-likeness (QED) is 0.581. The van der Waals surface area contributed by atoms with Crippen LogP contribution in [-0.4, -0.2) is 73.6 Å². The van der Waals surface area contributed by atoms with Crippen LogP contribution < -0.4 is 16.2 Å². The highest BCUT2D eigenvalue weighted by Crippen LogP contribution is 1.97. The van der Waals surface area contributed by atoms with Gasteiger partial charge in [0.15, 0.2) is 0 Å². The van der Waals surface area contributed by atoms with Gasteiger partial charge in [-0.15, -0.1) is 0 Å². The standard InChI is InChI=1S/C14H24N6O/c1-19(10-11-20-8-6-15-7-9-20)12-14(21)18-17-13-4-2-3-5-16-13/h2-5,15H,6-12H2,1H3,(H,16,17)(H,18,21). The van der Waals surface area contributed by atoms with Gasteiger partial charge < -0.3 is 5.32 Å². The first kappa shape index (κ1) is 15.7. The van der Waals surface area contributed by atoms with Gasteiger partial charge in [0.25, 0.3) is 5.91 Å². The number of hydrogen-bond acceptors (Lipinski definition) is 6. The number of rotatable bonds is 7. The van der Waals surface area contributed by atoms with Crippen molar-refractivity contribution in [1.82, 2.24) is 25.5 Å². The molecule has 3 N–H and O–H groups in total. The number of likely N-dealkylation sites (N-methyl/N-ethyl adjacent to an activating group) is 1. The predicted octanol–water partition coefficient (Wildman–Crippen LogP) is -0.638. The molecule has 2 heterocycles. The first-order valence-corrected chi connectivity index (χ1v) is 7.31. The fraction of sp³-hybridized carbons (Fsp3) is 0.571. The van der Waals surface area contributed by atoms with E-state index in [-0.39, 0.29) is 5.91 Å². The Balaban J connectivity index is 1.60. The second kappa shape index (κ2) is 8.56. The van der Waals surface area contributed by atoms with Crippen LogP contribution in [-0.2, 0) is 4.79 Å². The molecule has 7 heteroatoms. The molecule has 0 atom stereocenters. The number of hydrazine groups is 1. The van der Waals surface area contributed by atoms with E-state index in [2.05, 4.69) is 26.1 Å². The van der Waals surface area contributed by atoms with Crippen LogP contribution in [0, 0.1) is 0 Å². The van der Waals surface area contributed by atoms with Crippen molar-refractivity contribution < 1.29 is 4.79 Å². The maximum atomic E-state index is 11.8. The molecular formula is C14H24N6O. The molecular weight excluding hydrogens is 268 g/mol. The summed E-state index contributed by atoms with van der Waals surface area (Å²) in [5.41, 5.74) is 5.45. The second-order valence-corrected chi connectivity index (χ2v) is 5.22. The van der Waals surface area contributed by atoms with Crippen LogP contribution in [0.1, 0.15) is 0 Å². The van der Waals surface area contributed by atoms with E-state index in [1.54, 1.807) is 12.3 Å². The third-order valence-corrected chi connectivity index (χ3v) is 3.42. The van der Waals surface area contributed by atoms with Gasteiger partial charge in [0.05, 0.1) is 6.54 Å². The smallest absolute Gasteiger partial charge is 0.252 e. The largest absolute Gasteiger partial charge is 0.314 e. The van der Waals surface area contributed by atoms with E-state index in [1.807, 2.05) is 24.1 Å². The summed E-state index contributed by atoms with van der Waals surface area (Å²) in [6.45, 7) is 6.53. The van der Waals surface area contributed by atoms with Gasteiger partial charge in [-0.3, -0.25) is 25.4 Å². The highest BCUT2D eigenvalue weighted by molar-refractivity contribution is 5.79. The zero-order valence-electron chi connectivity index (χ0n) is 12.5. The fourth-order valence-electron chi connectivity index (χ4n) is 2.18. The van der Waals surface area contributed by atoms with Crippen molar-refractivity contribution in [2.45, 2.75) is 0 Å². The molecule has 0 bridgehead atoms. The summed E-state index contributed by atoms with van der Waals surface area (Å²) >= 11 is 0. The van der Waals surface area contributed by atoms with Crippen LogP contribution in [0.5, 0.6) is 0 Å². The average molecular weight is 292 g/mol. The molecule has 116 valence electrons. The van der Waals surface area contributed by atoms with Crippen LogP contribution in [0.4, 0.5) is 5.82 Å². The van der Waals surface area contributed by atoms with Crippen molar-refractivity contribution in [2.75, 3.05) is 58.3 Å². The third kappa shape index (κ3) is 6.07.